The summed E-state index contributed by atoms with van der Waals surface area (Å²) in [5.74, 6) is 1.01. The van der Waals surface area contributed by atoms with Crippen LogP contribution in [0.1, 0.15) is 29.5 Å². The summed E-state index contributed by atoms with van der Waals surface area (Å²) >= 11 is 1.82. The zero-order valence-corrected chi connectivity index (χ0v) is 15.0. The minimum atomic E-state index is 0.250. The Kier molecular flexibility index (Phi) is 5.12. The molecular formula is C17H26N4O2S. The van der Waals surface area contributed by atoms with Crippen molar-refractivity contribution in [2.45, 2.75) is 25.3 Å². The fourth-order valence-electron chi connectivity index (χ4n) is 3.35. The van der Waals surface area contributed by atoms with Crippen LogP contribution < -0.4 is 0 Å². The molecule has 1 aromatic heterocycles. The summed E-state index contributed by atoms with van der Waals surface area (Å²) in [6, 6.07) is 0. The van der Waals surface area contributed by atoms with E-state index in [0.29, 0.717) is 19.8 Å². The average Bonchev–Trinajstić information content (AvgIpc) is 3.37. The second-order valence-electron chi connectivity index (χ2n) is 7.00. The third-order valence-electron chi connectivity index (χ3n) is 5.07. The number of carbonyl (C=O) groups is 1. The first-order valence-corrected chi connectivity index (χ1v) is 9.90. The van der Waals surface area contributed by atoms with Crippen molar-refractivity contribution in [3.63, 3.8) is 0 Å². The number of nitrogens with zero attached hydrogens (tertiary/aromatic N) is 4. The van der Waals surface area contributed by atoms with Gasteiger partial charge in [0.2, 0.25) is 5.91 Å². The maximum Gasteiger partial charge on any atom is 0.236 e. The highest BCUT2D eigenvalue weighted by Crippen LogP contribution is 2.41. The van der Waals surface area contributed by atoms with E-state index in [1.54, 1.807) is 0 Å². The van der Waals surface area contributed by atoms with Crippen LogP contribution in [0.3, 0.4) is 0 Å². The number of aromatic nitrogens is 1. The van der Waals surface area contributed by atoms with Crippen molar-refractivity contribution < 1.29 is 9.53 Å². The molecule has 3 fully saturated rings. The highest BCUT2D eigenvalue weighted by Gasteiger charge is 2.27. The van der Waals surface area contributed by atoms with Crippen LogP contribution in [-0.4, -0.2) is 84.6 Å². The molecule has 1 saturated carbocycles. The van der Waals surface area contributed by atoms with E-state index in [2.05, 4.69) is 15.2 Å². The molecular weight excluding hydrogens is 324 g/mol. The van der Waals surface area contributed by atoms with Gasteiger partial charge in [-0.3, -0.25) is 14.6 Å². The summed E-state index contributed by atoms with van der Waals surface area (Å²) in [6.07, 6.45) is 2.64. The summed E-state index contributed by atoms with van der Waals surface area (Å²) in [7, 11) is 0. The van der Waals surface area contributed by atoms with Gasteiger partial charge in [0.1, 0.15) is 0 Å². The van der Waals surface area contributed by atoms with E-state index in [1.807, 2.05) is 16.2 Å². The molecule has 24 heavy (non-hydrogen) atoms. The minimum Gasteiger partial charge on any atom is -0.378 e. The topological polar surface area (TPSA) is 48.9 Å². The quantitative estimate of drug-likeness (QED) is 0.793. The Morgan fingerprint density at radius 3 is 2.54 bits per heavy atom. The standard InChI is InChI=1S/C17H26N4O2S/c22-16(21-7-9-23-10-8-21)12-20-5-3-19(4-6-20)11-15-13-24-17(18-15)14-1-2-14/h13-14H,1-12H2. The lowest BCUT2D eigenvalue weighted by molar-refractivity contribution is -0.136. The molecule has 1 aromatic rings. The average molecular weight is 350 g/mol. The normalized spacial score (nSPS) is 23.6. The number of carbonyl (C=O) groups excluding carboxylic acids is 1. The monoisotopic (exact) mass is 350 g/mol. The number of hydrogen-bond donors (Lipinski definition) is 0. The Hall–Kier alpha value is -1.02. The van der Waals surface area contributed by atoms with Crippen LogP contribution in [0, 0.1) is 0 Å². The zero-order chi connectivity index (χ0) is 16.4. The lowest BCUT2D eigenvalue weighted by Gasteiger charge is -2.35. The summed E-state index contributed by atoms with van der Waals surface area (Å²) in [4.78, 5) is 23.8. The third kappa shape index (κ3) is 4.14. The maximum atomic E-state index is 12.3. The van der Waals surface area contributed by atoms with Crippen LogP contribution >= 0.6 is 11.3 Å². The Morgan fingerprint density at radius 1 is 1.12 bits per heavy atom. The van der Waals surface area contributed by atoms with Crippen LogP contribution in [0.25, 0.3) is 0 Å². The molecule has 1 amide bonds. The Bertz CT molecular complexity index is 561. The first kappa shape index (κ1) is 16.4. The van der Waals surface area contributed by atoms with E-state index in [1.165, 1.54) is 23.5 Å². The van der Waals surface area contributed by atoms with Gasteiger partial charge in [-0.2, -0.15) is 0 Å². The highest BCUT2D eigenvalue weighted by molar-refractivity contribution is 7.09. The number of amides is 1. The highest BCUT2D eigenvalue weighted by atomic mass is 32.1. The van der Waals surface area contributed by atoms with Gasteiger partial charge < -0.3 is 9.64 Å². The van der Waals surface area contributed by atoms with Crippen molar-refractivity contribution in [3.05, 3.63) is 16.1 Å². The van der Waals surface area contributed by atoms with Crippen molar-refractivity contribution >= 4 is 17.2 Å². The van der Waals surface area contributed by atoms with Gasteiger partial charge in [0, 0.05) is 57.1 Å². The number of morpholine rings is 1. The first-order chi connectivity index (χ1) is 11.8. The molecule has 4 rings (SSSR count). The molecule has 0 unspecified atom stereocenters. The molecule has 0 aromatic carbocycles. The number of thiazole rings is 1. The van der Waals surface area contributed by atoms with Crippen LogP contribution in [0.15, 0.2) is 5.38 Å². The molecule has 132 valence electrons. The Morgan fingerprint density at radius 2 is 1.83 bits per heavy atom. The van der Waals surface area contributed by atoms with Gasteiger partial charge >= 0.3 is 0 Å². The van der Waals surface area contributed by atoms with E-state index in [-0.39, 0.29) is 5.91 Å². The fourth-order valence-corrected chi connectivity index (χ4v) is 4.33. The predicted molar refractivity (Wildman–Crippen MR) is 93.2 cm³/mol. The van der Waals surface area contributed by atoms with Gasteiger partial charge in [-0.1, -0.05) is 0 Å². The molecule has 0 spiro atoms. The van der Waals surface area contributed by atoms with E-state index in [0.717, 1.165) is 51.7 Å². The summed E-state index contributed by atoms with van der Waals surface area (Å²) in [5, 5.41) is 3.56. The van der Waals surface area contributed by atoms with E-state index >= 15 is 0 Å². The smallest absolute Gasteiger partial charge is 0.236 e. The zero-order valence-electron chi connectivity index (χ0n) is 14.2. The molecule has 2 saturated heterocycles. The SMILES string of the molecule is O=C(CN1CCN(Cc2csc(C3CC3)n2)CC1)N1CCOCC1. The van der Waals surface area contributed by atoms with Gasteiger partial charge in [0.05, 0.1) is 30.5 Å². The second kappa shape index (κ2) is 7.47. The van der Waals surface area contributed by atoms with E-state index < -0.39 is 0 Å². The van der Waals surface area contributed by atoms with Gasteiger partial charge in [-0.15, -0.1) is 11.3 Å². The number of rotatable bonds is 5. The lowest BCUT2D eigenvalue weighted by Crippen LogP contribution is -2.51. The van der Waals surface area contributed by atoms with Crippen LogP contribution in [0.5, 0.6) is 0 Å². The molecule has 3 heterocycles. The van der Waals surface area contributed by atoms with Gasteiger partial charge in [-0.25, -0.2) is 4.98 Å². The summed E-state index contributed by atoms with van der Waals surface area (Å²) < 4.78 is 5.31. The molecule has 0 atom stereocenters. The Balaban J connectivity index is 1.20. The Labute approximate surface area is 147 Å². The lowest BCUT2D eigenvalue weighted by atomic mass is 10.3. The van der Waals surface area contributed by atoms with Gasteiger partial charge in [0.15, 0.2) is 0 Å². The van der Waals surface area contributed by atoms with Crippen molar-refractivity contribution in [3.8, 4) is 0 Å². The summed E-state index contributed by atoms with van der Waals surface area (Å²) in [5.41, 5.74) is 1.22. The molecule has 3 aliphatic rings. The molecule has 1 aliphatic carbocycles. The van der Waals surface area contributed by atoms with Crippen LogP contribution in [0.2, 0.25) is 0 Å². The molecule has 0 N–H and O–H groups in total. The van der Waals surface area contributed by atoms with Gasteiger partial charge in [-0.05, 0) is 12.8 Å². The third-order valence-corrected chi connectivity index (χ3v) is 6.13. The minimum absolute atomic E-state index is 0.250. The van der Waals surface area contributed by atoms with E-state index in [4.69, 9.17) is 9.72 Å². The number of ether oxygens (including phenoxy) is 1. The molecule has 2 aliphatic heterocycles. The molecule has 0 radical (unpaired) electrons. The van der Waals surface area contributed by atoms with Crippen LogP contribution in [0.4, 0.5) is 0 Å². The first-order valence-electron chi connectivity index (χ1n) is 9.02. The van der Waals surface area contributed by atoms with Crippen molar-refractivity contribution in [2.75, 3.05) is 59.0 Å². The second-order valence-corrected chi connectivity index (χ2v) is 7.89. The molecule has 7 heteroatoms. The maximum absolute atomic E-state index is 12.3. The number of hydrogen-bond acceptors (Lipinski definition) is 6. The van der Waals surface area contributed by atoms with Crippen molar-refractivity contribution in [1.82, 2.24) is 19.7 Å². The van der Waals surface area contributed by atoms with Crippen molar-refractivity contribution in [2.24, 2.45) is 0 Å². The van der Waals surface area contributed by atoms with Gasteiger partial charge in [0.25, 0.3) is 0 Å². The van der Waals surface area contributed by atoms with E-state index in [9.17, 15) is 4.79 Å². The molecule has 6 nitrogen and oxygen atoms in total. The molecule has 0 bridgehead atoms. The van der Waals surface area contributed by atoms with Crippen LogP contribution in [-0.2, 0) is 16.1 Å². The fraction of sp³-hybridized carbons (Fsp3) is 0.765. The summed E-state index contributed by atoms with van der Waals surface area (Å²) in [6.45, 7) is 8.32. The largest absolute Gasteiger partial charge is 0.378 e. The number of piperazine rings is 1. The predicted octanol–water partition coefficient (Wildman–Crippen LogP) is 0.997. The van der Waals surface area contributed by atoms with Crippen molar-refractivity contribution in [1.29, 1.82) is 0 Å².